The molecule has 3 aromatic carbocycles. The fraction of sp³-hybridized carbons (Fsp3) is 0.0833. The molecule has 3 aromatic rings. The fourth-order valence-corrected chi connectivity index (χ4v) is 27.6. The van der Waals surface area contributed by atoms with Gasteiger partial charge in [-0.25, -0.2) is 0 Å². The van der Waals surface area contributed by atoms with Gasteiger partial charge in [0.25, 0.3) is 0 Å². The molecule has 1 heterocycles. The molecule has 0 radical (unpaired) electrons. The molecule has 0 saturated heterocycles. The maximum atomic E-state index is 7.55. The molecule has 0 fully saturated rings. The monoisotopic (exact) mass is 607 g/mol. The molecule has 3 aliphatic rings. The Bertz CT molecular complexity index is 1320. The van der Waals surface area contributed by atoms with Gasteiger partial charge >= 0.3 is 203 Å². The van der Waals surface area contributed by atoms with E-state index < -0.39 is 14.9 Å². The van der Waals surface area contributed by atoms with E-state index in [-0.39, 0.29) is 5.25 Å². The molecule has 1 atom stereocenters. The zero-order chi connectivity index (χ0) is 20.7. The number of allylic oxidation sites excluding steroid dienone is 1. The Morgan fingerprint density at radius 2 is 1.67 bits per heavy atom. The Labute approximate surface area is 200 Å². The number of benzene rings is 3. The molecule has 0 saturated carbocycles. The molecule has 30 heavy (non-hydrogen) atoms. The van der Waals surface area contributed by atoms with E-state index in [9.17, 15) is 0 Å². The van der Waals surface area contributed by atoms with Gasteiger partial charge in [0.2, 0.25) is 0 Å². The standard InChI is InChI=1S/C13H9.C11H6BrS.2ClH.H2S.Zr/c1-3-7-12-10(5-1)9-11-6-2-4-8-13(11)12;12-10-6-8-5-7-3-1-2-4-9(7)11(8)13-10;;;;/h1-5,7-8H,9H2;1-5,11H;2*1H;1H2;/q;;;;;+3/p-3. The summed E-state index contributed by atoms with van der Waals surface area (Å²) in [6, 6.07) is 23.5. The summed E-state index contributed by atoms with van der Waals surface area (Å²) in [5.41, 5.74) is 8.87. The van der Waals surface area contributed by atoms with Crippen molar-refractivity contribution in [1.82, 2.24) is 0 Å². The van der Waals surface area contributed by atoms with Crippen molar-refractivity contribution in [2.45, 2.75) is 11.7 Å². The second kappa shape index (κ2) is 6.89. The first kappa shape index (κ1) is 20.4. The van der Waals surface area contributed by atoms with Crippen molar-refractivity contribution in [3.8, 4) is 11.1 Å². The van der Waals surface area contributed by atoms with Gasteiger partial charge in [-0.3, -0.25) is 0 Å². The van der Waals surface area contributed by atoms with Crippen LogP contribution in [0.15, 0.2) is 79.4 Å². The van der Waals surface area contributed by atoms with E-state index in [1.807, 2.05) is 0 Å². The minimum atomic E-state index is -4.87. The maximum absolute atomic E-state index is 7.55. The van der Waals surface area contributed by atoms with Gasteiger partial charge in [-0.1, -0.05) is 0 Å². The van der Waals surface area contributed by atoms with Crippen molar-refractivity contribution in [3.63, 3.8) is 0 Å². The van der Waals surface area contributed by atoms with Gasteiger partial charge in [-0.15, -0.1) is 0 Å². The number of thiol groups is 1. The Hall–Kier alpha value is -0.217. The summed E-state index contributed by atoms with van der Waals surface area (Å²) in [7, 11) is 20.3. The quantitative estimate of drug-likeness (QED) is 0.224. The molecule has 0 N–H and O–H groups in total. The van der Waals surface area contributed by atoms with Gasteiger partial charge < -0.3 is 0 Å². The van der Waals surface area contributed by atoms with Crippen molar-refractivity contribution in [2.75, 3.05) is 0 Å². The molecule has 2 aliphatic carbocycles. The summed E-state index contributed by atoms with van der Waals surface area (Å²) in [5, 5.41) is 0.233. The van der Waals surface area contributed by atoms with E-state index in [4.69, 9.17) is 26.4 Å². The summed E-state index contributed by atoms with van der Waals surface area (Å²) in [6.45, 7) is 0. The third kappa shape index (κ3) is 2.84. The van der Waals surface area contributed by atoms with Gasteiger partial charge in [0, 0.05) is 0 Å². The van der Waals surface area contributed by atoms with Crippen LogP contribution in [0.3, 0.4) is 0 Å². The molecule has 0 nitrogen and oxygen atoms in total. The Morgan fingerprint density at radius 1 is 0.933 bits per heavy atom. The predicted octanol–water partition coefficient (Wildman–Crippen LogP) is 8.17. The van der Waals surface area contributed by atoms with Crippen molar-refractivity contribution < 1.29 is 14.9 Å². The van der Waals surface area contributed by atoms with E-state index in [0.29, 0.717) is 0 Å². The van der Waals surface area contributed by atoms with Crippen LogP contribution >= 0.6 is 54.1 Å². The molecule has 0 bridgehead atoms. The van der Waals surface area contributed by atoms with Crippen LogP contribution in [-0.2, 0) is 21.4 Å². The van der Waals surface area contributed by atoms with Crippen LogP contribution in [-0.4, -0.2) is 0 Å². The Morgan fingerprint density at radius 3 is 2.53 bits per heavy atom. The van der Waals surface area contributed by atoms with E-state index in [2.05, 4.69) is 88.7 Å². The van der Waals surface area contributed by atoms with Crippen molar-refractivity contribution >= 4 is 63.5 Å². The molecule has 1 unspecified atom stereocenters. The number of fused-ring (bicyclic) bond motifs is 6. The number of hydrogen-bond acceptors (Lipinski definition) is 2. The van der Waals surface area contributed by atoms with E-state index in [1.54, 1.807) is 11.8 Å². The van der Waals surface area contributed by atoms with E-state index in [1.165, 1.54) is 39.0 Å². The van der Waals surface area contributed by atoms with Crippen LogP contribution in [0.4, 0.5) is 0 Å². The van der Waals surface area contributed by atoms with Crippen LogP contribution in [0.25, 0.3) is 17.2 Å². The summed E-state index contributed by atoms with van der Waals surface area (Å²) in [6.07, 6.45) is 3.11. The van der Waals surface area contributed by atoms with Crippen molar-refractivity contribution in [2.24, 2.45) is 0 Å². The zero-order valence-corrected chi connectivity index (χ0v) is 23.0. The number of thioether (sulfide) groups is 1. The number of hydrogen-bond donors (Lipinski definition) is 1. The van der Waals surface area contributed by atoms with Crippen molar-refractivity contribution in [3.05, 3.63) is 102 Å². The van der Waals surface area contributed by atoms with Crippen LogP contribution in [0, 0.1) is 0 Å². The second-order valence-corrected chi connectivity index (χ2v) is 36.2. The average Bonchev–Trinajstić information content (AvgIpc) is 3.36. The topological polar surface area (TPSA) is 0 Å². The predicted molar refractivity (Wildman–Crippen MR) is 136 cm³/mol. The number of rotatable bonds is 2. The third-order valence-corrected chi connectivity index (χ3v) is 24.0. The molecule has 0 aromatic heterocycles. The number of halogens is 3. The zero-order valence-electron chi connectivity index (χ0n) is 15.7. The van der Waals surface area contributed by atoms with Crippen molar-refractivity contribution in [1.29, 1.82) is 0 Å². The van der Waals surface area contributed by atoms with Gasteiger partial charge in [-0.2, -0.15) is 0 Å². The fourth-order valence-electron chi connectivity index (χ4n) is 5.00. The second-order valence-electron chi connectivity index (χ2n) is 8.01. The molecule has 6 rings (SSSR count). The normalized spacial score (nSPS) is 20.2. The summed E-state index contributed by atoms with van der Waals surface area (Å²) >= 11 is 0.750. The van der Waals surface area contributed by atoms with Gasteiger partial charge in [-0.05, 0) is 0 Å². The molecular weight excluding hydrogens is 594 g/mol. The summed E-state index contributed by atoms with van der Waals surface area (Å²) in [4.78, 5) is 0. The van der Waals surface area contributed by atoms with Crippen LogP contribution in [0.2, 0.25) is 0 Å². The Balaban J connectivity index is 1.54. The van der Waals surface area contributed by atoms with E-state index >= 15 is 0 Å². The summed E-state index contributed by atoms with van der Waals surface area (Å²) < 4.78 is 3.12. The third-order valence-electron chi connectivity index (χ3n) is 6.31. The van der Waals surface area contributed by atoms with Gasteiger partial charge in [0.1, 0.15) is 0 Å². The first-order valence-corrected chi connectivity index (χ1v) is 23.9. The van der Waals surface area contributed by atoms with Crippen LogP contribution in [0.1, 0.15) is 27.5 Å². The molecule has 6 heteroatoms. The summed E-state index contributed by atoms with van der Waals surface area (Å²) in [5.74, 6) is 0. The average molecular weight is 611 g/mol. The van der Waals surface area contributed by atoms with Gasteiger partial charge in [0.05, 0.1) is 0 Å². The molecule has 149 valence electrons. The van der Waals surface area contributed by atoms with Gasteiger partial charge in [0.15, 0.2) is 0 Å². The molecular formula is C24H16BrCl2S2Zr. The first-order valence-electron chi connectivity index (χ1n) is 9.74. The molecule has 1 aliphatic heterocycles. The molecule has 0 spiro atoms. The first-order chi connectivity index (χ1) is 14.3. The van der Waals surface area contributed by atoms with E-state index in [0.717, 1.165) is 16.8 Å². The van der Waals surface area contributed by atoms with Crippen LogP contribution < -0.4 is 3.27 Å². The Kier molecular flexibility index (Phi) is 4.68. The van der Waals surface area contributed by atoms with Crippen LogP contribution in [0.5, 0.6) is 0 Å². The minimum absolute atomic E-state index is 0.233. The molecule has 0 amide bonds. The SMILES string of the molecule is [SH][Zr]([Cl])([Cl])([C]1=C(Br)SC2C1=Cc1ccccc12)[c]1cccc2c1Cc1ccccc1-2.